The Morgan fingerprint density at radius 2 is 0.925 bits per heavy atom. The zero-order valence-electron chi connectivity index (χ0n) is 46.5. The lowest BCUT2D eigenvalue weighted by molar-refractivity contribution is -0.142. The molecule has 1 aromatic rings. The van der Waals surface area contributed by atoms with Crippen LogP contribution in [0.2, 0.25) is 0 Å². The largest absolute Gasteiger partial charge is 0.508 e. The first-order valence-corrected chi connectivity index (χ1v) is 26.5. The Morgan fingerprint density at radius 1 is 0.512 bits per heavy atom. The molecule has 80 heavy (non-hydrogen) atoms. The fraction of sp³-hybridized carbons (Fsp3) is 0.640. The number of carboxylic acid groups (broad SMARTS) is 1. The van der Waals surface area contributed by atoms with Gasteiger partial charge in [-0.15, -0.1) is 0 Å². The van der Waals surface area contributed by atoms with Gasteiger partial charge in [0, 0.05) is 13.1 Å². The number of phenols is 1. The third-order valence-electron chi connectivity index (χ3n) is 11.9. The van der Waals surface area contributed by atoms with E-state index in [9.17, 15) is 63.3 Å². The first kappa shape index (κ1) is 70.2. The van der Waals surface area contributed by atoms with Gasteiger partial charge in [0.1, 0.15) is 54.1 Å². The van der Waals surface area contributed by atoms with E-state index < -0.39 is 127 Å². The lowest BCUT2D eigenvalue weighted by atomic mass is 10.0. The fourth-order valence-corrected chi connectivity index (χ4v) is 7.59. The molecule has 9 amide bonds. The van der Waals surface area contributed by atoms with Crippen LogP contribution in [0.25, 0.3) is 0 Å². The molecule has 0 aromatic heterocycles. The zero-order chi connectivity index (χ0) is 60.6. The summed E-state index contributed by atoms with van der Waals surface area (Å²) >= 11 is 0. The molecule has 30 nitrogen and oxygen atoms in total. The van der Waals surface area contributed by atoms with Gasteiger partial charge in [0.15, 0.2) is 11.9 Å². The van der Waals surface area contributed by atoms with E-state index >= 15 is 0 Å². The minimum Gasteiger partial charge on any atom is -0.508 e. The van der Waals surface area contributed by atoms with Gasteiger partial charge in [-0.2, -0.15) is 0 Å². The van der Waals surface area contributed by atoms with Gasteiger partial charge in [-0.05, 0) is 114 Å². The van der Waals surface area contributed by atoms with Gasteiger partial charge in [0.25, 0.3) is 0 Å². The number of aromatic hydroxyl groups is 1. The highest BCUT2D eigenvalue weighted by Crippen LogP contribution is 2.13. The molecule has 0 radical (unpaired) electrons. The van der Waals surface area contributed by atoms with Crippen molar-refractivity contribution in [1.82, 2.24) is 47.9 Å². The Morgan fingerprint density at radius 3 is 1.40 bits per heavy atom. The van der Waals surface area contributed by atoms with Gasteiger partial charge in [0.2, 0.25) is 53.2 Å². The number of guanidine groups is 2. The third kappa shape index (κ3) is 28.7. The second kappa shape index (κ2) is 37.1. The molecule has 0 fully saturated rings. The highest BCUT2D eigenvalue weighted by molar-refractivity contribution is 5.98. The highest BCUT2D eigenvalue weighted by Gasteiger charge is 2.33. The average molecular weight is 1130 g/mol. The van der Waals surface area contributed by atoms with Crippen LogP contribution in [-0.2, 0) is 54.4 Å². The highest BCUT2D eigenvalue weighted by atomic mass is 16.4. The van der Waals surface area contributed by atoms with Gasteiger partial charge < -0.3 is 97.6 Å². The van der Waals surface area contributed by atoms with Crippen LogP contribution >= 0.6 is 0 Å². The fourth-order valence-electron chi connectivity index (χ4n) is 7.59. The molecular weight excluding hydrogens is 1050 g/mol. The van der Waals surface area contributed by atoms with E-state index in [4.69, 9.17) is 34.4 Å². The van der Waals surface area contributed by atoms with Crippen LogP contribution in [0, 0.1) is 11.8 Å². The maximum absolute atomic E-state index is 13.9. The molecule has 1 rings (SSSR count). The molecule has 0 bridgehead atoms. The molecule has 9 atom stereocenters. The van der Waals surface area contributed by atoms with Crippen molar-refractivity contribution < 1.29 is 63.3 Å². The summed E-state index contributed by atoms with van der Waals surface area (Å²) in [6, 6.07) is -5.66. The van der Waals surface area contributed by atoms with E-state index in [0.29, 0.717) is 18.4 Å². The molecule has 0 aliphatic rings. The minimum absolute atomic E-state index is 0.00105. The minimum atomic E-state index is -1.65. The molecule has 1 aromatic carbocycles. The number of benzene rings is 1. The second-order valence-corrected chi connectivity index (χ2v) is 20.0. The van der Waals surface area contributed by atoms with Gasteiger partial charge in [0.05, 0.1) is 19.2 Å². The SMILES string of the molecule is CC(C)C[C@H](NC(=O)CNC(=O)[C@H](CC(C)C)NC(=O)[C@H](CCCCN)NC(=O)[C@H](CO)NC(=O)[C@H](C)NC(=O)[C@H](CCCN=C(N)N)NC(=O)[C@@H](N)Cc1ccc(O)cc1)C(=O)N[C@@H](C)C(=O)N[C@@H](CCCN=C(N)N)C(=O)O. The molecule has 0 saturated heterocycles. The topological polar surface area (TPSA) is 520 Å². The Hall–Kier alpha value is -7.86. The summed E-state index contributed by atoms with van der Waals surface area (Å²) in [5, 5.41) is 51.8. The molecule has 0 aliphatic heterocycles. The van der Waals surface area contributed by atoms with Gasteiger partial charge in [-0.3, -0.25) is 53.1 Å². The van der Waals surface area contributed by atoms with E-state index in [-0.39, 0.29) is 101 Å². The van der Waals surface area contributed by atoms with Crippen molar-refractivity contribution >= 4 is 71.1 Å². The number of carbonyl (C=O) groups is 10. The molecule has 0 saturated carbocycles. The number of hydrogen-bond acceptors (Lipinski definition) is 16. The van der Waals surface area contributed by atoms with E-state index in [1.807, 2.05) is 0 Å². The summed E-state index contributed by atoms with van der Waals surface area (Å²) in [5.41, 5.74) is 33.9. The number of amides is 9. The molecule has 24 N–H and O–H groups in total. The number of carboxylic acids is 1. The second-order valence-electron chi connectivity index (χ2n) is 20.0. The Balaban J connectivity index is 3.10. The maximum atomic E-state index is 13.9. The number of phenolic OH excluding ortho intramolecular Hbond substituents is 1. The third-order valence-corrected chi connectivity index (χ3v) is 11.9. The summed E-state index contributed by atoms with van der Waals surface area (Å²) in [6.07, 6.45) is 1.43. The number of carbonyl (C=O) groups excluding carboxylic acids is 9. The predicted molar refractivity (Wildman–Crippen MR) is 296 cm³/mol. The van der Waals surface area contributed by atoms with Crippen LogP contribution in [0.4, 0.5) is 0 Å². The molecule has 0 heterocycles. The Bertz CT molecular complexity index is 2260. The number of nitrogens with zero attached hydrogens (tertiary/aromatic N) is 2. The molecule has 0 spiro atoms. The van der Waals surface area contributed by atoms with E-state index in [1.54, 1.807) is 39.8 Å². The van der Waals surface area contributed by atoms with Crippen LogP contribution < -0.4 is 82.3 Å². The number of aliphatic hydroxyl groups is 1. The summed E-state index contributed by atoms with van der Waals surface area (Å²) in [5.74, 6) is -9.44. The quantitative estimate of drug-likeness (QED) is 0.0167. The van der Waals surface area contributed by atoms with Crippen molar-refractivity contribution in [2.45, 2.75) is 160 Å². The van der Waals surface area contributed by atoms with Crippen molar-refractivity contribution in [3.63, 3.8) is 0 Å². The van der Waals surface area contributed by atoms with Gasteiger partial charge >= 0.3 is 5.97 Å². The van der Waals surface area contributed by atoms with Crippen LogP contribution in [0.15, 0.2) is 34.3 Å². The van der Waals surface area contributed by atoms with Crippen molar-refractivity contribution in [3.05, 3.63) is 29.8 Å². The number of rotatable bonds is 38. The van der Waals surface area contributed by atoms with Gasteiger partial charge in [-0.1, -0.05) is 39.8 Å². The number of hydrogen-bond donors (Lipinski definition) is 18. The number of unbranched alkanes of at least 4 members (excludes halogenated alkanes) is 1. The van der Waals surface area contributed by atoms with Gasteiger partial charge in [-0.25, -0.2) is 4.79 Å². The van der Waals surface area contributed by atoms with Crippen LogP contribution in [-0.4, -0.2) is 174 Å². The lowest BCUT2D eigenvalue weighted by Gasteiger charge is -2.26. The normalized spacial score (nSPS) is 14.4. The van der Waals surface area contributed by atoms with Crippen LogP contribution in [0.1, 0.15) is 105 Å². The lowest BCUT2D eigenvalue weighted by Crippen LogP contribution is -2.60. The first-order valence-electron chi connectivity index (χ1n) is 26.5. The number of aliphatic carboxylic acids is 1. The van der Waals surface area contributed by atoms with E-state index in [2.05, 4.69) is 57.8 Å². The van der Waals surface area contributed by atoms with Crippen molar-refractivity contribution in [1.29, 1.82) is 0 Å². The summed E-state index contributed by atoms with van der Waals surface area (Å²) in [4.78, 5) is 140. The van der Waals surface area contributed by atoms with Crippen molar-refractivity contribution in [3.8, 4) is 5.75 Å². The number of nitrogens with two attached hydrogens (primary N) is 6. The zero-order valence-corrected chi connectivity index (χ0v) is 46.5. The standard InChI is InChI=1S/C50H87N17O13/c1-26(2)21-36(43(74)59-24-39(70)62-37(22-27(3)4)46(77)61-28(5)40(71)65-35(48(79)80)13-10-20-58-50(55)56)66-45(76)33(11-7-8-18-51)64-47(78)38(25-68)67-41(72)29(6)60-44(75)34(12-9-19-57-49(53)54)63-42(73)32(52)23-30-14-16-31(69)17-15-30/h14-17,26-29,32-38,68-69H,7-13,18-25,51-52H2,1-6H3,(H,59,74)(H,60,75)(H,61,77)(H,62,70)(H,63,73)(H,64,78)(H,65,71)(H,66,76)(H,67,72)(H,79,80)(H4,53,54,57)(H4,55,56,58)/t28-,29-,32-,33-,34-,35-,36-,37-,38-/m0/s1. The maximum Gasteiger partial charge on any atom is 0.326 e. The van der Waals surface area contributed by atoms with Crippen LogP contribution in [0.5, 0.6) is 5.75 Å². The molecule has 450 valence electrons. The smallest absolute Gasteiger partial charge is 0.326 e. The number of nitrogens with one attached hydrogen (secondary N) is 9. The molecular formula is C50H87N17O13. The van der Waals surface area contributed by atoms with Crippen molar-refractivity contribution in [2.24, 2.45) is 56.2 Å². The first-order chi connectivity index (χ1) is 37.6. The average Bonchev–Trinajstić information content (AvgIpc) is 3.37. The summed E-state index contributed by atoms with van der Waals surface area (Å²) in [6.45, 7) is 8.58. The Kier molecular flexibility index (Phi) is 32.5. The summed E-state index contributed by atoms with van der Waals surface area (Å²) in [7, 11) is 0. The van der Waals surface area contributed by atoms with Crippen molar-refractivity contribution in [2.75, 3.05) is 32.8 Å². The monoisotopic (exact) mass is 1130 g/mol. The number of aliphatic hydroxyl groups excluding tert-OH is 1. The Labute approximate surface area is 465 Å². The predicted octanol–water partition coefficient (Wildman–Crippen LogP) is -5.30. The molecule has 0 unspecified atom stereocenters. The van der Waals surface area contributed by atoms with E-state index in [0.717, 1.165) is 0 Å². The molecule has 30 heteroatoms. The number of aliphatic imine (C=N–C) groups is 2. The van der Waals surface area contributed by atoms with Crippen LogP contribution in [0.3, 0.4) is 0 Å². The summed E-state index contributed by atoms with van der Waals surface area (Å²) < 4.78 is 0. The molecule has 0 aliphatic carbocycles. The van der Waals surface area contributed by atoms with E-state index in [1.165, 1.54) is 26.0 Å².